The predicted octanol–water partition coefficient (Wildman–Crippen LogP) is 10.8. The van der Waals surface area contributed by atoms with Crippen molar-refractivity contribution in [1.82, 2.24) is 19.1 Å². The lowest BCUT2D eigenvalue weighted by Crippen LogP contribution is -2.19. The number of fused-ring (bicyclic) bond motifs is 4. The maximum atomic E-state index is 12.5. The van der Waals surface area contributed by atoms with Gasteiger partial charge in [-0.05, 0) is 79.5 Å². The highest BCUT2D eigenvalue weighted by molar-refractivity contribution is 6.15. The molecular formula is C47H32N4O. The van der Waals surface area contributed by atoms with Crippen LogP contribution in [0.1, 0.15) is 0 Å². The minimum atomic E-state index is -0.0291. The number of imidazole rings is 1. The van der Waals surface area contributed by atoms with Gasteiger partial charge in [0, 0.05) is 30.8 Å². The zero-order valence-corrected chi connectivity index (χ0v) is 28.7. The van der Waals surface area contributed by atoms with Gasteiger partial charge in [0.1, 0.15) is 0 Å². The average molecular weight is 669 g/mol. The molecule has 5 nitrogen and oxygen atoms in total. The van der Waals surface area contributed by atoms with Gasteiger partial charge in [-0.1, -0.05) is 133 Å². The van der Waals surface area contributed by atoms with Crippen LogP contribution in [-0.4, -0.2) is 19.1 Å². The van der Waals surface area contributed by atoms with E-state index >= 15 is 0 Å². The number of hydrogen-bond donors (Lipinski definition) is 0. The van der Waals surface area contributed by atoms with Crippen molar-refractivity contribution in [1.29, 1.82) is 0 Å². The van der Waals surface area contributed by atoms with Crippen molar-refractivity contribution in [3.05, 3.63) is 168 Å². The summed E-state index contributed by atoms with van der Waals surface area (Å²) in [4.78, 5) is 22.6. The summed E-state index contributed by atoms with van der Waals surface area (Å²) >= 11 is 0. The van der Waals surface area contributed by atoms with Crippen LogP contribution in [0.2, 0.25) is 0 Å². The SMILES string of the molecule is Cn1c(=O)n(C)c2cc(-c3ccc(-c4cc(-c5ccc(-c6ccc7c(c6)-c6cccc8cccc-7c68)cc5)nc(-c5ccccc5)n4)cc3)ccc21. The van der Waals surface area contributed by atoms with Crippen LogP contribution in [0, 0.1) is 0 Å². The van der Waals surface area contributed by atoms with Gasteiger partial charge in [-0.2, -0.15) is 0 Å². The second-order valence-corrected chi connectivity index (χ2v) is 13.6. The number of benzene rings is 7. The molecule has 246 valence electrons. The Kier molecular flexibility index (Phi) is 6.70. The molecule has 5 heteroatoms. The lowest BCUT2D eigenvalue weighted by atomic mass is 9.96. The van der Waals surface area contributed by atoms with Crippen LogP contribution in [0.3, 0.4) is 0 Å². The third kappa shape index (κ3) is 4.74. The van der Waals surface area contributed by atoms with E-state index in [0.717, 1.165) is 55.8 Å². The molecule has 1 aliphatic rings. The van der Waals surface area contributed by atoms with Gasteiger partial charge in [-0.3, -0.25) is 9.13 Å². The Hall–Kier alpha value is -6.85. The van der Waals surface area contributed by atoms with E-state index in [9.17, 15) is 4.79 Å². The molecule has 0 atom stereocenters. The Morgan fingerprint density at radius 2 is 0.942 bits per heavy atom. The topological polar surface area (TPSA) is 52.7 Å². The van der Waals surface area contributed by atoms with Crippen molar-refractivity contribution < 1.29 is 0 Å². The molecule has 0 saturated heterocycles. The van der Waals surface area contributed by atoms with Gasteiger partial charge in [-0.15, -0.1) is 0 Å². The number of nitrogens with zero attached hydrogens (tertiary/aromatic N) is 4. The normalized spacial score (nSPS) is 11.7. The number of rotatable bonds is 5. The lowest BCUT2D eigenvalue weighted by molar-refractivity contribution is 0.795. The fraction of sp³-hybridized carbons (Fsp3) is 0.0426. The predicted molar refractivity (Wildman–Crippen MR) is 213 cm³/mol. The number of aryl methyl sites for hydroxylation is 2. The van der Waals surface area contributed by atoms with Gasteiger partial charge in [0.2, 0.25) is 0 Å². The molecule has 0 fully saturated rings. The highest BCUT2D eigenvalue weighted by atomic mass is 16.1. The first-order valence-corrected chi connectivity index (χ1v) is 17.5. The molecular weight excluding hydrogens is 637 g/mol. The molecule has 0 saturated carbocycles. The highest BCUT2D eigenvalue weighted by Gasteiger charge is 2.21. The first kappa shape index (κ1) is 30.0. The minimum absolute atomic E-state index is 0.0291. The van der Waals surface area contributed by atoms with Crippen molar-refractivity contribution in [3.8, 4) is 78.4 Å². The standard InChI is InChI=1S/C47H32N4O/c1-50-43-25-23-36(27-44(43)51(2)47(50)52)30-16-20-32(21-17-30)42-28-41(48-46(49-42)34-8-4-3-5-9-34)31-18-14-29(15-19-31)35-22-24-37-38-12-6-10-33-11-7-13-39(45(33)38)40(37)26-35/h3-28H,1-2H3. The molecule has 0 aliphatic heterocycles. The molecule has 2 heterocycles. The second kappa shape index (κ2) is 11.6. The number of aromatic nitrogens is 4. The van der Waals surface area contributed by atoms with Crippen LogP contribution in [-0.2, 0) is 14.1 Å². The molecule has 0 spiro atoms. The van der Waals surface area contributed by atoms with Gasteiger partial charge in [0.15, 0.2) is 5.82 Å². The van der Waals surface area contributed by atoms with Gasteiger partial charge in [0.25, 0.3) is 0 Å². The van der Waals surface area contributed by atoms with Crippen molar-refractivity contribution >= 4 is 21.8 Å². The van der Waals surface area contributed by atoms with E-state index in [0.29, 0.717) is 5.82 Å². The molecule has 52 heavy (non-hydrogen) atoms. The first-order chi connectivity index (χ1) is 25.5. The van der Waals surface area contributed by atoms with Crippen LogP contribution in [0.4, 0.5) is 0 Å². The van der Waals surface area contributed by atoms with E-state index in [4.69, 9.17) is 9.97 Å². The monoisotopic (exact) mass is 668 g/mol. The molecule has 2 aromatic heterocycles. The van der Waals surface area contributed by atoms with Crippen molar-refractivity contribution in [2.24, 2.45) is 14.1 Å². The molecule has 0 unspecified atom stereocenters. The molecule has 9 aromatic rings. The van der Waals surface area contributed by atoms with E-state index in [1.165, 1.54) is 38.6 Å². The van der Waals surface area contributed by atoms with E-state index < -0.39 is 0 Å². The fourth-order valence-corrected chi connectivity index (χ4v) is 7.78. The van der Waals surface area contributed by atoms with Crippen molar-refractivity contribution in [2.75, 3.05) is 0 Å². The average Bonchev–Trinajstić information content (AvgIpc) is 3.65. The third-order valence-electron chi connectivity index (χ3n) is 10.6. The summed E-state index contributed by atoms with van der Waals surface area (Å²) < 4.78 is 3.37. The zero-order valence-electron chi connectivity index (χ0n) is 28.7. The lowest BCUT2D eigenvalue weighted by Gasteiger charge is -2.11. The largest absolute Gasteiger partial charge is 0.328 e. The molecule has 0 radical (unpaired) electrons. The van der Waals surface area contributed by atoms with Gasteiger partial charge in [-0.25, -0.2) is 14.8 Å². The summed E-state index contributed by atoms with van der Waals surface area (Å²) in [6, 6.07) is 55.5. The number of hydrogen-bond acceptors (Lipinski definition) is 3. The summed E-state index contributed by atoms with van der Waals surface area (Å²) in [6.07, 6.45) is 0. The van der Waals surface area contributed by atoms with Crippen LogP contribution in [0.25, 0.3) is 100 Å². The minimum Gasteiger partial charge on any atom is -0.295 e. The van der Waals surface area contributed by atoms with Gasteiger partial charge >= 0.3 is 5.69 Å². The van der Waals surface area contributed by atoms with Gasteiger partial charge in [0.05, 0.1) is 22.4 Å². The Balaban J connectivity index is 1.00. The molecule has 0 bridgehead atoms. The molecule has 0 N–H and O–H groups in total. The molecule has 10 rings (SSSR count). The van der Waals surface area contributed by atoms with E-state index in [-0.39, 0.29) is 5.69 Å². The van der Waals surface area contributed by atoms with E-state index in [1.54, 1.807) is 16.2 Å². The molecule has 7 aromatic carbocycles. The fourth-order valence-electron chi connectivity index (χ4n) is 7.78. The molecule has 0 amide bonds. The van der Waals surface area contributed by atoms with Crippen LogP contribution < -0.4 is 5.69 Å². The van der Waals surface area contributed by atoms with Crippen molar-refractivity contribution in [2.45, 2.75) is 0 Å². The quantitative estimate of drug-likeness (QED) is 0.183. The summed E-state index contributed by atoms with van der Waals surface area (Å²) in [6.45, 7) is 0. The summed E-state index contributed by atoms with van der Waals surface area (Å²) in [5, 5.41) is 2.63. The van der Waals surface area contributed by atoms with Crippen LogP contribution in [0.15, 0.2) is 163 Å². The third-order valence-corrected chi connectivity index (χ3v) is 10.6. The Labute approximate surface area is 300 Å². The molecule has 1 aliphatic carbocycles. The van der Waals surface area contributed by atoms with Crippen molar-refractivity contribution in [3.63, 3.8) is 0 Å². The first-order valence-electron chi connectivity index (χ1n) is 17.5. The zero-order chi connectivity index (χ0) is 34.9. The van der Waals surface area contributed by atoms with E-state index in [1.807, 2.05) is 31.3 Å². The van der Waals surface area contributed by atoms with Gasteiger partial charge < -0.3 is 0 Å². The summed E-state index contributed by atoms with van der Waals surface area (Å²) in [5.74, 6) is 0.684. The van der Waals surface area contributed by atoms with Crippen LogP contribution in [0.5, 0.6) is 0 Å². The van der Waals surface area contributed by atoms with E-state index in [2.05, 4.69) is 133 Å². The second-order valence-electron chi connectivity index (χ2n) is 13.6. The smallest absolute Gasteiger partial charge is 0.295 e. The Morgan fingerprint density at radius 1 is 0.404 bits per heavy atom. The highest BCUT2D eigenvalue weighted by Crippen LogP contribution is 2.48. The maximum absolute atomic E-state index is 12.5. The Bertz CT molecular complexity index is 2910. The maximum Gasteiger partial charge on any atom is 0.328 e. The summed E-state index contributed by atoms with van der Waals surface area (Å²) in [7, 11) is 3.62. The Morgan fingerprint density at radius 3 is 1.60 bits per heavy atom. The van der Waals surface area contributed by atoms with Crippen LogP contribution >= 0.6 is 0 Å². The summed E-state index contributed by atoms with van der Waals surface area (Å²) in [5.41, 5.74) is 16.2.